The van der Waals surface area contributed by atoms with Gasteiger partial charge in [0.25, 0.3) is 5.91 Å². The summed E-state index contributed by atoms with van der Waals surface area (Å²) in [7, 11) is 0. The first-order valence-corrected chi connectivity index (χ1v) is 7.52. The molecule has 0 atom stereocenters. The van der Waals surface area contributed by atoms with Gasteiger partial charge in [-0.15, -0.1) is 11.8 Å². The van der Waals surface area contributed by atoms with E-state index >= 15 is 0 Å². The van der Waals surface area contributed by atoms with Crippen molar-refractivity contribution in [1.29, 1.82) is 0 Å². The monoisotopic (exact) mass is 339 g/mol. The third-order valence-electron chi connectivity index (χ3n) is 2.50. The Kier molecular flexibility index (Phi) is 4.61. The van der Waals surface area contributed by atoms with Crippen LogP contribution in [-0.2, 0) is 0 Å². The van der Waals surface area contributed by atoms with Gasteiger partial charge in [-0.2, -0.15) is 0 Å². The van der Waals surface area contributed by atoms with E-state index in [0.29, 0.717) is 10.2 Å². The van der Waals surface area contributed by atoms with Crippen LogP contribution in [0.25, 0.3) is 0 Å². The summed E-state index contributed by atoms with van der Waals surface area (Å²) < 4.78 is 14.2. The van der Waals surface area contributed by atoms with Crippen molar-refractivity contribution in [2.24, 2.45) is 0 Å². The van der Waals surface area contributed by atoms with Gasteiger partial charge in [-0.1, -0.05) is 22.0 Å². The summed E-state index contributed by atoms with van der Waals surface area (Å²) in [6, 6.07) is 11.7. The molecule has 0 spiro atoms. The zero-order chi connectivity index (χ0) is 13.8. The molecule has 0 radical (unpaired) electrons. The van der Waals surface area contributed by atoms with Gasteiger partial charge in [-0.3, -0.25) is 4.79 Å². The van der Waals surface area contributed by atoms with Crippen LogP contribution in [0.3, 0.4) is 0 Å². The quantitative estimate of drug-likeness (QED) is 0.830. The van der Waals surface area contributed by atoms with Crippen molar-refractivity contribution in [3.63, 3.8) is 0 Å². The first-order valence-electron chi connectivity index (χ1n) is 5.50. The molecule has 0 fully saturated rings. The molecule has 0 saturated carbocycles. The summed E-state index contributed by atoms with van der Waals surface area (Å²) >= 11 is 4.80. The van der Waals surface area contributed by atoms with Gasteiger partial charge in [-0.05, 0) is 42.7 Å². The van der Waals surface area contributed by atoms with Gasteiger partial charge in [0, 0.05) is 15.1 Å². The predicted molar refractivity (Wildman–Crippen MR) is 80.3 cm³/mol. The fourth-order valence-electron chi connectivity index (χ4n) is 1.57. The number of anilines is 1. The predicted octanol–water partition coefficient (Wildman–Crippen LogP) is 4.56. The molecule has 19 heavy (non-hydrogen) atoms. The summed E-state index contributed by atoms with van der Waals surface area (Å²) in [5, 5.41) is 2.69. The fraction of sp³-hybridized carbons (Fsp3) is 0.0714. The highest BCUT2D eigenvalue weighted by molar-refractivity contribution is 9.10. The Labute approximate surface area is 123 Å². The fourth-order valence-corrected chi connectivity index (χ4v) is 2.39. The molecule has 1 N–H and O–H groups in total. The number of halogens is 2. The molecular weight excluding hydrogens is 329 g/mol. The first kappa shape index (κ1) is 14.1. The van der Waals surface area contributed by atoms with Crippen LogP contribution in [-0.4, -0.2) is 12.2 Å². The number of hydrogen-bond acceptors (Lipinski definition) is 2. The lowest BCUT2D eigenvalue weighted by atomic mass is 10.2. The van der Waals surface area contributed by atoms with E-state index in [1.54, 1.807) is 23.9 Å². The Morgan fingerprint density at radius 1 is 1.26 bits per heavy atom. The van der Waals surface area contributed by atoms with Gasteiger partial charge in [0.15, 0.2) is 0 Å². The van der Waals surface area contributed by atoms with Gasteiger partial charge in [0.1, 0.15) is 5.82 Å². The number of carbonyl (C=O) groups excluding carboxylic acids is 1. The summed E-state index contributed by atoms with van der Waals surface area (Å²) in [5.74, 6) is -1.00. The molecule has 98 valence electrons. The smallest absolute Gasteiger partial charge is 0.258 e. The van der Waals surface area contributed by atoms with Crippen LogP contribution in [0.4, 0.5) is 10.1 Å². The first-order chi connectivity index (χ1) is 9.10. The Morgan fingerprint density at radius 3 is 2.79 bits per heavy atom. The van der Waals surface area contributed by atoms with Gasteiger partial charge >= 0.3 is 0 Å². The van der Waals surface area contributed by atoms with Crippen molar-refractivity contribution in [3.8, 4) is 0 Å². The van der Waals surface area contributed by atoms with Gasteiger partial charge < -0.3 is 5.32 Å². The highest BCUT2D eigenvalue weighted by Crippen LogP contribution is 2.21. The SMILES string of the molecule is CSc1cccc(NC(=O)c2cc(Br)ccc2F)c1. The van der Waals surface area contributed by atoms with Crippen molar-refractivity contribution in [2.75, 3.05) is 11.6 Å². The number of carbonyl (C=O) groups is 1. The largest absolute Gasteiger partial charge is 0.322 e. The lowest BCUT2D eigenvalue weighted by Gasteiger charge is -2.07. The summed E-state index contributed by atoms with van der Waals surface area (Å²) in [5.41, 5.74) is 0.667. The second-order valence-corrected chi connectivity index (χ2v) is 5.61. The van der Waals surface area contributed by atoms with E-state index in [9.17, 15) is 9.18 Å². The summed E-state index contributed by atoms with van der Waals surface area (Å²) in [6.07, 6.45) is 1.95. The van der Waals surface area contributed by atoms with E-state index in [1.807, 2.05) is 24.5 Å². The molecule has 2 nitrogen and oxygen atoms in total. The molecule has 0 aliphatic rings. The second kappa shape index (κ2) is 6.21. The highest BCUT2D eigenvalue weighted by atomic mass is 79.9. The van der Waals surface area contributed by atoms with Gasteiger partial charge in [-0.25, -0.2) is 4.39 Å². The molecule has 0 unspecified atom stereocenters. The lowest BCUT2D eigenvalue weighted by molar-refractivity contribution is 0.102. The number of rotatable bonds is 3. The normalized spacial score (nSPS) is 10.3. The average molecular weight is 340 g/mol. The molecule has 0 bridgehead atoms. The zero-order valence-corrected chi connectivity index (χ0v) is 12.5. The molecule has 0 heterocycles. The van der Waals surface area contributed by atoms with Gasteiger partial charge in [0.2, 0.25) is 0 Å². The molecular formula is C14H11BrFNOS. The van der Waals surface area contributed by atoms with Gasteiger partial charge in [0.05, 0.1) is 5.56 Å². The van der Waals surface area contributed by atoms with Crippen LogP contribution in [0.1, 0.15) is 10.4 Å². The van der Waals surface area contributed by atoms with Crippen molar-refractivity contribution < 1.29 is 9.18 Å². The van der Waals surface area contributed by atoms with Crippen molar-refractivity contribution >= 4 is 39.3 Å². The minimum Gasteiger partial charge on any atom is -0.322 e. The molecule has 5 heteroatoms. The highest BCUT2D eigenvalue weighted by Gasteiger charge is 2.12. The molecule has 2 rings (SSSR count). The van der Waals surface area contributed by atoms with Crippen molar-refractivity contribution in [2.45, 2.75) is 4.90 Å². The van der Waals surface area contributed by atoms with E-state index in [2.05, 4.69) is 21.2 Å². The van der Waals surface area contributed by atoms with Crippen LogP contribution in [0.2, 0.25) is 0 Å². The molecule has 0 saturated heterocycles. The Morgan fingerprint density at radius 2 is 2.05 bits per heavy atom. The third-order valence-corrected chi connectivity index (χ3v) is 3.72. The number of nitrogens with one attached hydrogen (secondary N) is 1. The van der Waals surface area contributed by atoms with Crippen molar-refractivity contribution in [3.05, 3.63) is 58.3 Å². The second-order valence-electron chi connectivity index (χ2n) is 3.81. The van der Waals surface area contributed by atoms with Crippen LogP contribution >= 0.6 is 27.7 Å². The average Bonchev–Trinajstić information content (AvgIpc) is 2.41. The molecule has 2 aromatic rings. The van der Waals surface area contributed by atoms with Crippen LogP contribution in [0.5, 0.6) is 0 Å². The minimum absolute atomic E-state index is 0.0175. The lowest BCUT2D eigenvalue weighted by Crippen LogP contribution is -2.13. The van der Waals surface area contributed by atoms with Crippen LogP contribution in [0.15, 0.2) is 51.8 Å². The van der Waals surface area contributed by atoms with Crippen molar-refractivity contribution in [1.82, 2.24) is 0 Å². The number of amides is 1. The van der Waals surface area contributed by atoms with E-state index in [0.717, 1.165) is 4.90 Å². The topological polar surface area (TPSA) is 29.1 Å². The summed E-state index contributed by atoms with van der Waals surface area (Å²) in [4.78, 5) is 13.0. The number of benzene rings is 2. The van der Waals surface area contributed by atoms with Crippen LogP contribution < -0.4 is 5.32 Å². The Hall–Kier alpha value is -1.33. The standard InChI is InChI=1S/C14H11BrFNOS/c1-19-11-4-2-3-10(8-11)17-14(18)12-7-9(15)5-6-13(12)16/h2-8H,1H3,(H,17,18). The zero-order valence-electron chi connectivity index (χ0n) is 10.1. The van der Waals surface area contributed by atoms with E-state index < -0.39 is 11.7 Å². The maximum Gasteiger partial charge on any atom is 0.258 e. The van der Waals surface area contributed by atoms with E-state index in [-0.39, 0.29) is 5.56 Å². The number of hydrogen-bond donors (Lipinski definition) is 1. The maximum atomic E-state index is 13.6. The summed E-state index contributed by atoms with van der Waals surface area (Å²) in [6.45, 7) is 0. The number of thioether (sulfide) groups is 1. The minimum atomic E-state index is -0.540. The Balaban J connectivity index is 2.23. The molecule has 1 amide bonds. The van der Waals surface area contributed by atoms with Crippen LogP contribution in [0, 0.1) is 5.82 Å². The molecule has 0 aliphatic heterocycles. The van der Waals surface area contributed by atoms with E-state index in [4.69, 9.17) is 0 Å². The third kappa shape index (κ3) is 3.58. The molecule has 2 aromatic carbocycles. The molecule has 0 aliphatic carbocycles. The Bertz CT molecular complexity index is 618. The molecule has 0 aromatic heterocycles. The van der Waals surface area contributed by atoms with E-state index in [1.165, 1.54) is 12.1 Å². The maximum absolute atomic E-state index is 13.6.